The summed E-state index contributed by atoms with van der Waals surface area (Å²) in [5.74, 6) is -0.370. The molecular weight excluding hydrogens is 392 g/mol. The van der Waals surface area contributed by atoms with E-state index >= 15 is 0 Å². The maximum absolute atomic E-state index is 12.8. The van der Waals surface area contributed by atoms with Gasteiger partial charge in [0.15, 0.2) is 0 Å². The lowest BCUT2D eigenvalue weighted by molar-refractivity contribution is 0.0638. The number of amides is 3. The van der Waals surface area contributed by atoms with E-state index in [-0.39, 0.29) is 29.3 Å². The molecule has 1 atom stereocenters. The Morgan fingerprint density at radius 1 is 1.00 bits per heavy atom. The molecule has 0 aliphatic carbocycles. The van der Waals surface area contributed by atoms with Crippen molar-refractivity contribution in [2.75, 3.05) is 20.3 Å². The maximum atomic E-state index is 12.8. The minimum atomic E-state index is -0.362. The number of ether oxygens (including phenoxy) is 1. The minimum absolute atomic E-state index is 0.184. The van der Waals surface area contributed by atoms with Gasteiger partial charge in [-0.25, -0.2) is 0 Å². The molecule has 1 N–H and O–H groups in total. The fourth-order valence-electron chi connectivity index (χ4n) is 3.78. The summed E-state index contributed by atoms with van der Waals surface area (Å²) in [6.45, 7) is 7.06. The van der Waals surface area contributed by atoms with Crippen molar-refractivity contribution < 1.29 is 19.1 Å². The van der Waals surface area contributed by atoms with E-state index in [4.69, 9.17) is 4.74 Å². The van der Waals surface area contributed by atoms with Gasteiger partial charge in [-0.15, -0.1) is 0 Å². The number of carbonyl (C=O) groups excluding carboxylic acids is 3. The third-order valence-electron chi connectivity index (χ3n) is 5.43. The molecule has 1 aliphatic heterocycles. The minimum Gasteiger partial charge on any atom is -0.385 e. The lowest BCUT2D eigenvalue weighted by atomic mass is 9.99. The SMILES string of the molecule is COCCCN1C(=O)c2ccc(C(=O)N[C@@H](C)c3ccc(CC(C)C)cc3)cc2C1=O. The molecule has 0 saturated carbocycles. The molecule has 2 aromatic carbocycles. The van der Waals surface area contributed by atoms with E-state index in [0.717, 1.165) is 12.0 Å². The lowest BCUT2D eigenvalue weighted by Gasteiger charge is -2.15. The molecular formula is C25H30N2O4. The monoisotopic (exact) mass is 422 g/mol. The molecule has 3 amide bonds. The van der Waals surface area contributed by atoms with Gasteiger partial charge in [-0.1, -0.05) is 38.1 Å². The Morgan fingerprint density at radius 2 is 1.68 bits per heavy atom. The summed E-state index contributed by atoms with van der Waals surface area (Å²) in [5.41, 5.74) is 3.27. The second-order valence-corrected chi connectivity index (χ2v) is 8.40. The fourth-order valence-corrected chi connectivity index (χ4v) is 3.78. The molecule has 0 aromatic heterocycles. The molecule has 0 unspecified atom stereocenters. The van der Waals surface area contributed by atoms with Gasteiger partial charge >= 0.3 is 0 Å². The molecule has 0 spiro atoms. The van der Waals surface area contributed by atoms with Gasteiger partial charge in [-0.2, -0.15) is 0 Å². The van der Waals surface area contributed by atoms with Crippen molar-refractivity contribution in [2.45, 2.75) is 39.7 Å². The Labute approximate surface area is 183 Å². The van der Waals surface area contributed by atoms with E-state index in [1.807, 2.05) is 19.1 Å². The number of imide groups is 1. The fraction of sp³-hybridized carbons (Fsp3) is 0.400. The van der Waals surface area contributed by atoms with Crippen LogP contribution in [0, 0.1) is 5.92 Å². The van der Waals surface area contributed by atoms with Gasteiger partial charge in [0.25, 0.3) is 17.7 Å². The molecule has 6 nitrogen and oxygen atoms in total. The molecule has 0 radical (unpaired) electrons. The maximum Gasteiger partial charge on any atom is 0.261 e. The zero-order chi connectivity index (χ0) is 22.5. The third-order valence-corrected chi connectivity index (χ3v) is 5.43. The Balaban J connectivity index is 1.68. The Hall–Kier alpha value is -2.99. The van der Waals surface area contributed by atoms with Gasteiger partial charge < -0.3 is 10.1 Å². The zero-order valence-corrected chi connectivity index (χ0v) is 18.6. The van der Waals surface area contributed by atoms with Crippen LogP contribution in [0.3, 0.4) is 0 Å². The third kappa shape index (κ3) is 5.20. The van der Waals surface area contributed by atoms with Crippen molar-refractivity contribution >= 4 is 17.7 Å². The standard InChI is InChI=1S/C25H30N2O4/c1-16(2)14-18-6-8-19(9-7-18)17(3)26-23(28)20-10-11-21-22(15-20)25(30)27(24(21)29)12-5-13-31-4/h6-11,15-17H,5,12-14H2,1-4H3,(H,26,28)/t17-/m0/s1. The molecule has 3 rings (SSSR count). The van der Waals surface area contributed by atoms with E-state index in [2.05, 4.69) is 31.3 Å². The van der Waals surface area contributed by atoms with Crippen molar-refractivity contribution in [1.29, 1.82) is 0 Å². The molecule has 1 aliphatic rings. The van der Waals surface area contributed by atoms with Crippen molar-refractivity contribution in [3.63, 3.8) is 0 Å². The van der Waals surface area contributed by atoms with Crippen molar-refractivity contribution in [2.24, 2.45) is 5.92 Å². The normalized spacial score (nSPS) is 14.2. The molecule has 0 bridgehead atoms. The van der Waals surface area contributed by atoms with E-state index in [1.54, 1.807) is 19.2 Å². The summed E-state index contributed by atoms with van der Waals surface area (Å²) in [6.07, 6.45) is 1.59. The van der Waals surface area contributed by atoms with Crippen LogP contribution in [0.4, 0.5) is 0 Å². The van der Waals surface area contributed by atoms with E-state index < -0.39 is 0 Å². The van der Waals surface area contributed by atoms with Crippen LogP contribution in [0.5, 0.6) is 0 Å². The summed E-state index contributed by atoms with van der Waals surface area (Å²) >= 11 is 0. The van der Waals surface area contributed by atoms with E-state index in [1.165, 1.54) is 16.5 Å². The molecule has 1 heterocycles. The summed E-state index contributed by atoms with van der Waals surface area (Å²) in [4.78, 5) is 39.2. The highest BCUT2D eigenvalue weighted by molar-refractivity contribution is 6.22. The van der Waals surface area contributed by atoms with Crippen LogP contribution < -0.4 is 5.32 Å². The Kier molecular flexibility index (Phi) is 7.23. The van der Waals surface area contributed by atoms with Gasteiger partial charge in [-0.3, -0.25) is 19.3 Å². The summed E-state index contributed by atoms with van der Waals surface area (Å²) < 4.78 is 4.99. The smallest absolute Gasteiger partial charge is 0.261 e. The number of methoxy groups -OCH3 is 1. The van der Waals surface area contributed by atoms with Crippen LogP contribution in [0.25, 0.3) is 0 Å². The van der Waals surface area contributed by atoms with Crippen molar-refractivity contribution in [1.82, 2.24) is 10.2 Å². The van der Waals surface area contributed by atoms with Crippen molar-refractivity contribution in [3.05, 3.63) is 70.3 Å². The Bertz CT molecular complexity index is 966. The number of benzene rings is 2. The van der Waals surface area contributed by atoms with E-state index in [0.29, 0.717) is 36.6 Å². The topological polar surface area (TPSA) is 75.7 Å². The molecule has 0 saturated heterocycles. The van der Waals surface area contributed by atoms with Crippen LogP contribution in [-0.2, 0) is 11.2 Å². The first kappa shape index (κ1) is 22.7. The predicted octanol–water partition coefficient (Wildman–Crippen LogP) is 4.01. The average molecular weight is 423 g/mol. The number of nitrogens with one attached hydrogen (secondary N) is 1. The summed E-state index contributed by atoms with van der Waals surface area (Å²) in [7, 11) is 1.58. The number of hydrogen-bond donors (Lipinski definition) is 1. The number of rotatable bonds is 9. The molecule has 0 fully saturated rings. The zero-order valence-electron chi connectivity index (χ0n) is 18.6. The highest BCUT2D eigenvalue weighted by Crippen LogP contribution is 2.25. The predicted molar refractivity (Wildman–Crippen MR) is 119 cm³/mol. The average Bonchev–Trinajstić information content (AvgIpc) is 2.98. The molecule has 164 valence electrons. The molecule has 6 heteroatoms. The first-order chi connectivity index (χ1) is 14.8. The second-order valence-electron chi connectivity index (χ2n) is 8.40. The summed E-state index contributed by atoms with van der Waals surface area (Å²) in [6, 6.07) is 12.7. The molecule has 31 heavy (non-hydrogen) atoms. The highest BCUT2D eigenvalue weighted by Gasteiger charge is 2.35. The number of nitrogens with zero attached hydrogens (tertiary/aromatic N) is 1. The second kappa shape index (κ2) is 9.88. The van der Waals surface area contributed by atoms with Gasteiger partial charge in [0.05, 0.1) is 17.2 Å². The van der Waals surface area contributed by atoms with Gasteiger partial charge in [0, 0.05) is 25.8 Å². The number of fused-ring (bicyclic) bond motifs is 1. The summed E-state index contributed by atoms with van der Waals surface area (Å²) in [5, 5.41) is 2.98. The first-order valence-corrected chi connectivity index (χ1v) is 10.7. The number of hydrogen-bond acceptors (Lipinski definition) is 4. The van der Waals surface area contributed by atoms with Crippen LogP contribution >= 0.6 is 0 Å². The van der Waals surface area contributed by atoms with Crippen molar-refractivity contribution in [3.8, 4) is 0 Å². The van der Waals surface area contributed by atoms with E-state index in [9.17, 15) is 14.4 Å². The van der Waals surface area contributed by atoms with Gasteiger partial charge in [0.1, 0.15) is 0 Å². The van der Waals surface area contributed by atoms with Crippen LogP contribution in [-0.4, -0.2) is 42.9 Å². The Morgan fingerprint density at radius 3 is 2.32 bits per heavy atom. The van der Waals surface area contributed by atoms with Crippen LogP contribution in [0.1, 0.15) is 75.4 Å². The van der Waals surface area contributed by atoms with Gasteiger partial charge in [0.2, 0.25) is 0 Å². The lowest BCUT2D eigenvalue weighted by Crippen LogP contribution is -2.31. The quantitative estimate of drug-likeness (QED) is 0.489. The number of carbonyl (C=O) groups is 3. The highest BCUT2D eigenvalue weighted by atomic mass is 16.5. The van der Waals surface area contributed by atoms with Crippen LogP contribution in [0.15, 0.2) is 42.5 Å². The largest absolute Gasteiger partial charge is 0.385 e. The molecule has 2 aromatic rings. The van der Waals surface area contributed by atoms with Gasteiger partial charge in [-0.05, 0) is 55.0 Å². The van der Waals surface area contributed by atoms with Crippen LogP contribution in [0.2, 0.25) is 0 Å². The first-order valence-electron chi connectivity index (χ1n) is 10.7.